The fourth-order valence-corrected chi connectivity index (χ4v) is 4.35. The van der Waals surface area contributed by atoms with E-state index in [0.717, 1.165) is 36.9 Å². The number of anilines is 1. The topological polar surface area (TPSA) is 65.8 Å². The standard InChI is InChI=1S/C22H24ClN3OS/c1-14-9-10-18(12-19(14)23)25-21(27)15(2)28-22-17(13-24)11-16-7-5-3-4-6-8-20(16)26-22/h9-12,15H,3-8H2,1-2H3,(H,25,27). The lowest BCUT2D eigenvalue weighted by atomic mass is 9.96. The zero-order valence-electron chi connectivity index (χ0n) is 16.2. The molecule has 1 N–H and O–H groups in total. The van der Waals surface area contributed by atoms with Crippen LogP contribution in [0.3, 0.4) is 0 Å². The molecule has 0 saturated carbocycles. The van der Waals surface area contributed by atoms with Crippen molar-refractivity contribution in [1.29, 1.82) is 5.26 Å². The maximum atomic E-state index is 12.6. The molecule has 0 saturated heterocycles. The first kappa shape index (κ1) is 20.7. The normalized spacial score (nSPS) is 14.9. The van der Waals surface area contributed by atoms with Crippen LogP contribution in [0.5, 0.6) is 0 Å². The van der Waals surface area contributed by atoms with Crippen LogP contribution in [-0.4, -0.2) is 16.1 Å². The Morgan fingerprint density at radius 1 is 1.25 bits per heavy atom. The summed E-state index contributed by atoms with van der Waals surface area (Å²) in [7, 11) is 0. The van der Waals surface area contributed by atoms with Gasteiger partial charge >= 0.3 is 0 Å². The number of hydrogen-bond donors (Lipinski definition) is 1. The summed E-state index contributed by atoms with van der Waals surface area (Å²) in [6.45, 7) is 3.75. The zero-order chi connectivity index (χ0) is 20.1. The number of nitrogens with zero attached hydrogens (tertiary/aromatic N) is 2. The lowest BCUT2D eigenvalue weighted by Crippen LogP contribution is -2.22. The summed E-state index contributed by atoms with van der Waals surface area (Å²) < 4.78 is 0. The van der Waals surface area contributed by atoms with Crippen LogP contribution in [-0.2, 0) is 17.6 Å². The van der Waals surface area contributed by atoms with Crippen LogP contribution in [0, 0.1) is 18.3 Å². The number of nitrogens with one attached hydrogen (secondary N) is 1. The van der Waals surface area contributed by atoms with Crippen LogP contribution >= 0.6 is 23.4 Å². The summed E-state index contributed by atoms with van der Waals surface area (Å²) in [5.74, 6) is -0.137. The van der Waals surface area contributed by atoms with Crippen molar-refractivity contribution in [2.75, 3.05) is 5.32 Å². The van der Waals surface area contributed by atoms with Gasteiger partial charge in [0.2, 0.25) is 5.91 Å². The Labute approximate surface area is 175 Å². The number of fused-ring (bicyclic) bond motifs is 1. The second-order valence-electron chi connectivity index (χ2n) is 7.19. The van der Waals surface area contributed by atoms with Crippen molar-refractivity contribution in [3.63, 3.8) is 0 Å². The molecule has 1 aromatic heterocycles. The second-order valence-corrected chi connectivity index (χ2v) is 8.92. The van der Waals surface area contributed by atoms with E-state index >= 15 is 0 Å². The number of pyridine rings is 1. The van der Waals surface area contributed by atoms with Crippen molar-refractivity contribution in [3.8, 4) is 6.07 Å². The Morgan fingerprint density at radius 3 is 2.71 bits per heavy atom. The molecule has 0 radical (unpaired) electrons. The Morgan fingerprint density at radius 2 is 2.00 bits per heavy atom. The molecule has 0 bridgehead atoms. The number of hydrogen-bond acceptors (Lipinski definition) is 4. The fraction of sp³-hybridized carbons (Fsp3) is 0.409. The summed E-state index contributed by atoms with van der Waals surface area (Å²) in [6.07, 6.45) is 6.65. The van der Waals surface area contributed by atoms with Crippen LogP contribution in [0.25, 0.3) is 0 Å². The van der Waals surface area contributed by atoms with E-state index in [1.54, 1.807) is 6.07 Å². The van der Waals surface area contributed by atoms with E-state index in [0.29, 0.717) is 21.3 Å². The Balaban J connectivity index is 1.75. The Hall–Kier alpha value is -2.03. The van der Waals surface area contributed by atoms with Gasteiger partial charge in [-0.1, -0.05) is 42.3 Å². The van der Waals surface area contributed by atoms with Crippen LogP contribution < -0.4 is 5.32 Å². The average molecular weight is 414 g/mol. The van der Waals surface area contributed by atoms with Gasteiger partial charge < -0.3 is 5.32 Å². The van der Waals surface area contributed by atoms with Crippen molar-refractivity contribution < 1.29 is 4.79 Å². The monoisotopic (exact) mass is 413 g/mol. The molecule has 1 heterocycles. The van der Waals surface area contributed by atoms with Crippen molar-refractivity contribution in [3.05, 3.63) is 51.7 Å². The molecule has 4 nitrogen and oxygen atoms in total. The average Bonchev–Trinajstić information content (AvgIpc) is 2.65. The number of aryl methyl sites for hydroxylation is 3. The summed E-state index contributed by atoms with van der Waals surface area (Å²) in [4.78, 5) is 17.4. The van der Waals surface area contributed by atoms with E-state index in [9.17, 15) is 10.1 Å². The van der Waals surface area contributed by atoms with E-state index in [4.69, 9.17) is 16.6 Å². The van der Waals surface area contributed by atoms with Gasteiger partial charge in [0.1, 0.15) is 11.1 Å². The van der Waals surface area contributed by atoms with Gasteiger partial charge in [-0.05, 0) is 68.9 Å². The molecule has 2 aromatic rings. The molecule has 146 valence electrons. The molecule has 6 heteroatoms. The predicted octanol–water partition coefficient (Wildman–Crippen LogP) is 5.69. The van der Waals surface area contributed by atoms with E-state index in [1.165, 1.54) is 30.2 Å². The lowest BCUT2D eigenvalue weighted by Gasteiger charge is -2.17. The number of rotatable bonds is 4. The quantitative estimate of drug-likeness (QED) is 0.653. The third-order valence-electron chi connectivity index (χ3n) is 4.98. The first-order chi connectivity index (χ1) is 13.5. The highest BCUT2D eigenvalue weighted by Crippen LogP contribution is 2.30. The summed E-state index contributed by atoms with van der Waals surface area (Å²) in [6, 6.07) is 9.69. The largest absolute Gasteiger partial charge is 0.325 e. The van der Waals surface area contributed by atoms with Crippen molar-refractivity contribution in [2.24, 2.45) is 0 Å². The second kappa shape index (κ2) is 9.45. The summed E-state index contributed by atoms with van der Waals surface area (Å²) in [5.41, 5.74) is 4.46. The summed E-state index contributed by atoms with van der Waals surface area (Å²) >= 11 is 7.47. The van der Waals surface area contributed by atoms with E-state index in [2.05, 4.69) is 11.4 Å². The van der Waals surface area contributed by atoms with Gasteiger partial charge in [-0.15, -0.1) is 0 Å². The number of aromatic nitrogens is 1. The third kappa shape index (κ3) is 5.06. The smallest absolute Gasteiger partial charge is 0.237 e. The van der Waals surface area contributed by atoms with Gasteiger partial charge in [0, 0.05) is 16.4 Å². The SMILES string of the molecule is Cc1ccc(NC(=O)C(C)Sc2nc3c(cc2C#N)CCCCCC3)cc1Cl. The molecule has 0 spiro atoms. The van der Waals surface area contributed by atoms with Crippen molar-refractivity contribution >= 4 is 35.0 Å². The number of carbonyl (C=O) groups excluding carboxylic acids is 1. The highest BCUT2D eigenvalue weighted by molar-refractivity contribution is 8.00. The fourth-order valence-electron chi connectivity index (χ4n) is 3.27. The molecular formula is C22H24ClN3OS. The maximum Gasteiger partial charge on any atom is 0.237 e. The van der Waals surface area contributed by atoms with Gasteiger partial charge in [-0.25, -0.2) is 4.98 Å². The molecule has 3 rings (SSSR count). The van der Waals surface area contributed by atoms with Crippen molar-refractivity contribution in [2.45, 2.75) is 62.6 Å². The Bertz CT molecular complexity index is 923. The Kier molecular flexibility index (Phi) is 6.98. The number of carbonyl (C=O) groups is 1. The van der Waals surface area contributed by atoms with Gasteiger partial charge in [-0.2, -0.15) is 5.26 Å². The molecule has 1 unspecified atom stereocenters. The highest BCUT2D eigenvalue weighted by atomic mass is 35.5. The number of nitriles is 1. The maximum absolute atomic E-state index is 12.6. The van der Waals surface area contributed by atoms with Gasteiger partial charge in [-0.3, -0.25) is 4.79 Å². The van der Waals surface area contributed by atoms with Gasteiger partial charge in [0.15, 0.2) is 0 Å². The van der Waals surface area contributed by atoms with Crippen molar-refractivity contribution in [1.82, 2.24) is 4.98 Å². The predicted molar refractivity (Wildman–Crippen MR) is 115 cm³/mol. The first-order valence-corrected chi connectivity index (χ1v) is 10.9. The molecule has 1 aromatic carbocycles. The number of benzene rings is 1. The first-order valence-electron chi connectivity index (χ1n) is 9.64. The molecule has 0 aliphatic heterocycles. The van der Waals surface area contributed by atoms with Crippen LogP contribution in [0.1, 0.15) is 55.0 Å². The molecule has 1 amide bonds. The van der Waals surface area contributed by atoms with Gasteiger partial charge in [0.05, 0.1) is 10.8 Å². The summed E-state index contributed by atoms with van der Waals surface area (Å²) in [5, 5.41) is 13.3. The van der Waals surface area contributed by atoms with Crippen LogP contribution in [0.2, 0.25) is 5.02 Å². The molecule has 28 heavy (non-hydrogen) atoms. The lowest BCUT2D eigenvalue weighted by molar-refractivity contribution is -0.115. The zero-order valence-corrected chi connectivity index (χ0v) is 17.8. The van der Waals surface area contributed by atoms with Crippen LogP contribution in [0.4, 0.5) is 5.69 Å². The molecule has 1 atom stereocenters. The minimum Gasteiger partial charge on any atom is -0.325 e. The highest BCUT2D eigenvalue weighted by Gasteiger charge is 2.20. The number of halogens is 1. The third-order valence-corrected chi connectivity index (χ3v) is 6.49. The molecule has 1 aliphatic carbocycles. The molecule has 1 aliphatic rings. The number of amides is 1. The van der Waals surface area contributed by atoms with Gasteiger partial charge in [0.25, 0.3) is 0 Å². The molecular weight excluding hydrogens is 390 g/mol. The van der Waals surface area contributed by atoms with E-state index in [1.807, 2.05) is 32.0 Å². The molecule has 0 fully saturated rings. The minimum atomic E-state index is -0.383. The number of thioether (sulfide) groups is 1. The van der Waals surface area contributed by atoms with E-state index in [-0.39, 0.29) is 11.2 Å². The minimum absolute atomic E-state index is 0.137. The van der Waals surface area contributed by atoms with E-state index < -0.39 is 0 Å². The van der Waals surface area contributed by atoms with Crippen LogP contribution in [0.15, 0.2) is 29.3 Å².